The van der Waals surface area contributed by atoms with Gasteiger partial charge in [-0.1, -0.05) is 0 Å². The molecule has 20 heavy (non-hydrogen) atoms. The van der Waals surface area contributed by atoms with E-state index >= 15 is 0 Å². The number of fused-ring (bicyclic) bond motifs is 1. The summed E-state index contributed by atoms with van der Waals surface area (Å²) in [7, 11) is 0. The Bertz CT molecular complexity index is 700. The first-order valence-electron chi connectivity index (χ1n) is 6.64. The first kappa shape index (κ1) is 14.7. The molecule has 1 N–H and O–H groups in total. The number of aryl methyl sites for hydroxylation is 3. The standard InChI is InChI=1S/C14H19N3O2S/c1-8(2)16-11(18)5-6-17-7-15-13-12(14(17)19)9(3)10(4)20-13/h7-8H,5-6H2,1-4H3,(H,16,18). The maximum absolute atomic E-state index is 12.4. The predicted octanol–water partition coefficient (Wildman–Crippen LogP) is 1.99. The van der Waals surface area contributed by atoms with Crippen molar-refractivity contribution in [3.63, 3.8) is 0 Å². The summed E-state index contributed by atoms with van der Waals surface area (Å²) in [5.41, 5.74) is 0.928. The van der Waals surface area contributed by atoms with Crippen LogP contribution in [0.3, 0.4) is 0 Å². The minimum atomic E-state index is -0.0609. The van der Waals surface area contributed by atoms with E-state index in [-0.39, 0.29) is 23.9 Å². The third kappa shape index (κ3) is 2.90. The van der Waals surface area contributed by atoms with Crippen molar-refractivity contribution < 1.29 is 4.79 Å². The van der Waals surface area contributed by atoms with E-state index in [9.17, 15) is 9.59 Å². The zero-order valence-electron chi connectivity index (χ0n) is 12.2. The molecule has 0 bridgehead atoms. The van der Waals surface area contributed by atoms with E-state index in [1.807, 2.05) is 27.7 Å². The summed E-state index contributed by atoms with van der Waals surface area (Å²) in [6.45, 7) is 8.10. The highest BCUT2D eigenvalue weighted by Gasteiger charge is 2.12. The fourth-order valence-electron chi connectivity index (χ4n) is 2.05. The number of amides is 1. The Morgan fingerprint density at radius 2 is 2.15 bits per heavy atom. The van der Waals surface area contributed by atoms with Crippen LogP contribution in [0.5, 0.6) is 0 Å². The minimum absolute atomic E-state index is 0.0507. The minimum Gasteiger partial charge on any atom is -0.354 e. The van der Waals surface area contributed by atoms with Crippen molar-refractivity contribution in [2.75, 3.05) is 0 Å². The molecular formula is C14H19N3O2S. The summed E-state index contributed by atoms with van der Waals surface area (Å²) in [5.74, 6) is -0.0507. The van der Waals surface area contributed by atoms with Crippen molar-refractivity contribution in [2.24, 2.45) is 0 Å². The van der Waals surface area contributed by atoms with Gasteiger partial charge in [-0.2, -0.15) is 0 Å². The first-order valence-corrected chi connectivity index (χ1v) is 7.46. The van der Waals surface area contributed by atoms with Crippen LogP contribution >= 0.6 is 11.3 Å². The lowest BCUT2D eigenvalue weighted by atomic mass is 10.2. The average molecular weight is 293 g/mol. The van der Waals surface area contributed by atoms with Crippen molar-refractivity contribution in [1.29, 1.82) is 0 Å². The number of carbonyl (C=O) groups excluding carboxylic acids is 1. The molecule has 2 rings (SSSR count). The van der Waals surface area contributed by atoms with E-state index in [2.05, 4.69) is 10.3 Å². The second-order valence-electron chi connectivity index (χ2n) is 5.18. The Morgan fingerprint density at radius 1 is 1.45 bits per heavy atom. The topological polar surface area (TPSA) is 64.0 Å². The Balaban J connectivity index is 2.23. The smallest absolute Gasteiger partial charge is 0.262 e. The van der Waals surface area contributed by atoms with Gasteiger partial charge in [-0.3, -0.25) is 14.2 Å². The summed E-state index contributed by atoms with van der Waals surface area (Å²) in [6.07, 6.45) is 1.82. The quantitative estimate of drug-likeness (QED) is 0.937. The molecule has 0 radical (unpaired) electrons. The molecule has 1 amide bonds. The molecule has 6 heteroatoms. The van der Waals surface area contributed by atoms with Gasteiger partial charge in [-0.25, -0.2) is 4.98 Å². The van der Waals surface area contributed by atoms with E-state index in [1.165, 1.54) is 22.2 Å². The van der Waals surface area contributed by atoms with Crippen molar-refractivity contribution in [1.82, 2.24) is 14.9 Å². The molecule has 0 atom stereocenters. The second-order valence-corrected chi connectivity index (χ2v) is 6.38. The molecule has 0 unspecified atom stereocenters. The van der Waals surface area contributed by atoms with Gasteiger partial charge in [0.15, 0.2) is 0 Å². The molecule has 0 spiro atoms. The van der Waals surface area contributed by atoms with E-state index in [0.29, 0.717) is 11.9 Å². The summed E-state index contributed by atoms with van der Waals surface area (Å²) in [6, 6.07) is 0.113. The molecule has 0 saturated heterocycles. The van der Waals surface area contributed by atoms with Crippen LogP contribution < -0.4 is 10.9 Å². The van der Waals surface area contributed by atoms with Crippen LogP contribution in [0.1, 0.15) is 30.7 Å². The normalized spacial score (nSPS) is 11.2. The van der Waals surface area contributed by atoms with Gasteiger partial charge in [-0.05, 0) is 33.3 Å². The van der Waals surface area contributed by atoms with Gasteiger partial charge in [0.1, 0.15) is 4.83 Å². The van der Waals surface area contributed by atoms with Gasteiger partial charge in [0.25, 0.3) is 5.56 Å². The van der Waals surface area contributed by atoms with Crippen LogP contribution in [-0.4, -0.2) is 21.5 Å². The number of nitrogens with zero attached hydrogens (tertiary/aromatic N) is 2. The highest BCUT2D eigenvalue weighted by Crippen LogP contribution is 2.25. The number of hydrogen-bond acceptors (Lipinski definition) is 4. The molecule has 2 aromatic rings. The van der Waals surface area contributed by atoms with Crippen LogP contribution in [-0.2, 0) is 11.3 Å². The number of thiophene rings is 1. The average Bonchev–Trinajstić information content (AvgIpc) is 2.64. The number of aromatic nitrogens is 2. The predicted molar refractivity (Wildman–Crippen MR) is 81.2 cm³/mol. The van der Waals surface area contributed by atoms with Gasteiger partial charge < -0.3 is 5.32 Å². The first-order chi connectivity index (χ1) is 9.40. The zero-order valence-corrected chi connectivity index (χ0v) is 13.0. The van der Waals surface area contributed by atoms with Gasteiger partial charge in [0, 0.05) is 23.9 Å². The van der Waals surface area contributed by atoms with E-state index < -0.39 is 0 Å². The van der Waals surface area contributed by atoms with E-state index in [1.54, 1.807) is 0 Å². The fraction of sp³-hybridized carbons (Fsp3) is 0.500. The second kappa shape index (κ2) is 5.75. The lowest BCUT2D eigenvalue weighted by molar-refractivity contribution is -0.121. The SMILES string of the molecule is Cc1sc2ncn(CCC(=O)NC(C)C)c(=O)c2c1C. The Labute approximate surface area is 121 Å². The van der Waals surface area contributed by atoms with Crippen LogP contribution in [0.4, 0.5) is 0 Å². The van der Waals surface area contributed by atoms with Crippen LogP contribution in [0.15, 0.2) is 11.1 Å². The maximum Gasteiger partial charge on any atom is 0.262 e. The lowest BCUT2D eigenvalue weighted by Gasteiger charge is -2.09. The zero-order chi connectivity index (χ0) is 14.9. The van der Waals surface area contributed by atoms with Crippen molar-refractivity contribution in [2.45, 2.75) is 46.7 Å². The molecule has 0 aromatic carbocycles. The molecule has 2 aromatic heterocycles. The Morgan fingerprint density at radius 3 is 2.80 bits per heavy atom. The van der Waals surface area contributed by atoms with Crippen LogP contribution in [0.2, 0.25) is 0 Å². The molecule has 108 valence electrons. The van der Waals surface area contributed by atoms with E-state index in [0.717, 1.165) is 15.3 Å². The molecule has 0 fully saturated rings. The number of carbonyl (C=O) groups is 1. The van der Waals surface area contributed by atoms with Crippen molar-refractivity contribution >= 4 is 27.5 Å². The van der Waals surface area contributed by atoms with Crippen molar-refractivity contribution in [3.05, 3.63) is 27.1 Å². The number of nitrogens with one attached hydrogen (secondary N) is 1. The molecule has 0 saturated carbocycles. The largest absolute Gasteiger partial charge is 0.354 e. The van der Waals surface area contributed by atoms with Crippen molar-refractivity contribution in [3.8, 4) is 0 Å². The Hall–Kier alpha value is -1.69. The summed E-state index contributed by atoms with van der Waals surface area (Å²) >= 11 is 1.53. The number of rotatable bonds is 4. The van der Waals surface area contributed by atoms with Gasteiger partial charge in [-0.15, -0.1) is 11.3 Å². The third-order valence-electron chi connectivity index (χ3n) is 3.19. The maximum atomic E-state index is 12.4. The van der Waals surface area contributed by atoms with Crippen LogP contribution in [0.25, 0.3) is 10.2 Å². The van der Waals surface area contributed by atoms with Gasteiger partial charge in [0.05, 0.1) is 11.7 Å². The molecular weight excluding hydrogens is 274 g/mol. The monoisotopic (exact) mass is 293 g/mol. The highest BCUT2D eigenvalue weighted by molar-refractivity contribution is 7.18. The third-order valence-corrected chi connectivity index (χ3v) is 4.30. The van der Waals surface area contributed by atoms with Crippen LogP contribution in [0, 0.1) is 13.8 Å². The highest BCUT2D eigenvalue weighted by atomic mass is 32.1. The molecule has 0 aliphatic carbocycles. The molecule has 2 heterocycles. The van der Waals surface area contributed by atoms with Gasteiger partial charge >= 0.3 is 0 Å². The molecule has 0 aliphatic rings. The Kier molecular flexibility index (Phi) is 4.23. The summed E-state index contributed by atoms with van der Waals surface area (Å²) in [4.78, 5) is 30.2. The molecule has 5 nitrogen and oxygen atoms in total. The van der Waals surface area contributed by atoms with E-state index in [4.69, 9.17) is 0 Å². The number of hydrogen-bond donors (Lipinski definition) is 1. The molecule has 0 aliphatic heterocycles. The van der Waals surface area contributed by atoms with Gasteiger partial charge in [0.2, 0.25) is 5.91 Å². The fourth-order valence-corrected chi connectivity index (χ4v) is 3.03. The lowest BCUT2D eigenvalue weighted by Crippen LogP contribution is -2.32. The summed E-state index contributed by atoms with van der Waals surface area (Å²) in [5, 5.41) is 3.49. The summed E-state index contributed by atoms with van der Waals surface area (Å²) < 4.78 is 1.52.